The second-order valence-electron chi connectivity index (χ2n) is 8.09. The van der Waals surface area contributed by atoms with Crippen molar-refractivity contribution in [2.45, 2.75) is 89.2 Å². The fourth-order valence-electron chi connectivity index (χ4n) is 4.63. The molecule has 3 atom stereocenters. The molecule has 1 N–H and O–H groups in total. The zero-order valence-electron chi connectivity index (χ0n) is 17.3. The minimum atomic E-state index is -5.69. The highest BCUT2D eigenvalue weighted by Crippen LogP contribution is 2.47. The Balaban J connectivity index is 2.40. The van der Waals surface area contributed by atoms with Gasteiger partial charge >= 0.3 is 15.6 Å². The summed E-state index contributed by atoms with van der Waals surface area (Å²) < 4.78 is 65.0. The first-order valence-electron chi connectivity index (χ1n) is 10.3. The molecule has 1 aromatic carbocycles. The molecule has 0 radical (unpaired) electrons. The zero-order valence-corrected chi connectivity index (χ0v) is 18.1. The normalized spacial score (nSPS) is 23.9. The molecule has 4 nitrogen and oxygen atoms in total. The molecule has 0 saturated carbocycles. The lowest BCUT2D eigenvalue weighted by Gasteiger charge is -2.40. The zero-order chi connectivity index (χ0) is 21.9. The van der Waals surface area contributed by atoms with E-state index in [1.807, 2.05) is 6.92 Å². The van der Waals surface area contributed by atoms with E-state index in [9.17, 15) is 26.7 Å². The standard InChI is InChI=1S/C21H31F3O4S/c1-4-7-17(25)12-13-20(5-2)15(3)8-6-9-16-14-18(10-11-19(16)20)28-29(26,27)21(22,23)24/h10-11,14-15,17,25H,4-9,12-13H2,1-3H3/t15-,17-,20-/m1/s1. The van der Waals surface area contributed by atoms with Gasteiger partial charge in [-0.2, -0.15) is 21.6 Å². The van der Waals surface area contributed by atoms with E-state index in [0.717, 1.165) is 49.7 Å². The van der Waals surface area contributed by atoms with Crippen LogP contribution in [0.2, 0.25) is 0 Å². The number of aliphatic hydroxyl groups excluding tert-OH is 1. The second kappa shape index (κ2) is 9.25. The molecule has 0 unspecified atom stereocenters. The third kappa shape index (κ3) is 5.26. The predicted octanol–water partition coefficient (Wildman–Crippen LogP) is 5.48. The fourth-order valence-corrected chi connectivity index (χ4v) is 5.08. The van der Waals surface area contributed by atoms with E-state index in [1.165, 1.54) is 12.1 Å². The molecule has 0 heterocycles. The maximum atomic E-state index is 12.7. The Bertz CT molecular complexity index is 792. The van der Waals surface area contributed by atoms with Gasteiger partial charge in [-0.1, -0.05) is 33.3 Å². The third-order valence-electron chi connectivity index (χ3n) is 6.31. The third-order valence-corrected chi connectivity index (χ3v) is 7.28. The minimum Gasteiger partial charge on any atom is -0.393 e. The van der Waals surface area contributed by atoms with E-state index in [0.29, 0.717) is 18.8 Å². The van der Waals surface area contributed by atoms with Gasteiger partial charge in [0.05, 0.1) is 6.10 Å². The smallest absolute Gasteiger partial charge is 0.393 e. The highest BCUT2D eigenvalue weighted by molar-refractivity contribution is 7.88. The molecule has 0 fully saturated rings. The number of halogens is 3. The molecule has 0 bridgehead atoms. The van der Waals surface area contributed by atoms with E-state index in [4.69, 9.17) is 0 Å². The van der Waals surface area contributed by atoms with Crippen LogP contribution in [0.4, 0.5) is 13.2 Å². The number of alkyl halides is 3. The van der Waals surface area contributed by atoms with Gasteiger partial charge in [0.25, 0.3) is 0 Å². The molecular weight excluding hydrogens is 405 g/mol. The lowest BCUT2D eigenvalue weighted by Crippen LogP contribution is -2.34. The van der Waals surface area contributed by atoms with Crippen LogP contribution in [0.3, 0.4) is 0 Å². The lowest BCUT2D eigenvalue weighted by atomic mass is 9.65. The van der Waals surface area contributed by atoms with Crippen LogP contribution in [0.1, 0.15) is 76.8 Å². The summed E-state index contributed by atoms with van der Waals surface area (Å²) >= 11 is 0. The van der Waals surface area contributed by atoms with Gasteiger partial charge < -0.3 is 9.29 Å². The van der Waals surface area contributed by atoms with Crippen LogP contribution >= 0.6 is 0 Å². The summed E-state index contributed by atoms with van der Waals surface area (Å²) in [5, 5.41) is 10.2. The van der Waals surface area contributed by atoms with Crippen molar-refractivity contribution in [1.29, 1.82) is 0 Å². The molecule has 1 aromatic rings. The van der Waals surface area contributed by atoms with Gasteiger partial charge in [-0.05, 0) is 79.5 Å². The molecule has 0 amide bonds. The van der Waals surface area contributed by atoms with Gasteiger partial charge in [-0.3, -0.25) is 0 Å². The Labute approximate surface area is 171 Å². The summed E-state index contributed by atoms with van der Waals surface area (Å²) in [5.41, 5.74) is -3.81. The number of hydrogen-bond acceptors (Lipinski definition) is 4. The second-order valence-corrected chi connectivity index (χ2v) is 9.62. The van der Waals surface area contributed by atoms with Crippen LogP contribution in [0.5, 0.6) is 5.75 Å². The Hall–Kier alpha value is -1.28. The summed E-state index contributed by atoms with van der Waals surface area (Å²) in [6.07, 6.45) is 6.02. The van der Waals surface area contributed by atoms with Gasteiger partial charge in [0.1, 0.15) is 5.75 Å². The van der Waals surface area contributed by atoms with Gasteiger partial charge in [0.15, 0.2) is 0 Å². The van der Waals surface area contributed by atoms with Crippen molar-refractivity contribution in [2.75, 3.05) is 0 Å². The maximum Gasteiger partial charge on any atom is 0.534 e. The molecule has 0 spiro atoms. The summed E-state index contributed by atoms with van der Waals surface area (Å²) in [4.78, 5) is 0. The first kappa shape index (κ1) is 24.0. The fraction of sp³-hybridized carbons (Fsp3) is 0.714. The average Bonchev–Trinajstić information content (AvgIpc) is 2.75. The molecule has 0 aliphatic heterocycles. The Morgan fingerprint density at radius 2 is 1.97 bits per heavy atom. The van der Waals surface area contributed by atoms with Crippen LogP contribution in [0.25, 0.3) is 0 Å². The summed E-state index contributed by atoms with van der Waals surface area (Å²) in [6, 6.07) is 4.46. The summed E-state index contributed by atoms with van der Waals surface area (Å²) in [5.74, 6) is 0.0277. The Kier molecular flexibility index (Phi) is 7.65. The van der Waals surface area contributed by atoms with Crippen LogP contribution < -0.4 is 4.18 Å². The number of aliphatic hydroxyl groups is 1. The number of fused-ring (bicyclic) bond motifs is 1. The van der Waals surface area contributed by atoms with Crippen molar-refractivity contribution < 1.29 is 30.9 Å². The average molecular weight is 437 g/mol. The van der Waals surface area contributed by atoms with Crippen LogP contribution in [0, 0.1) is 5.92 Å². The van der Waals surface area contributed by atoms with Crippen molar-refractivity contribution in [1.82, 2.24) is 0 Å². The predicted molar refractivity (Wildman–Crippen MR) is 106 cm³/mol. The molecule has 1 aliphatic carbocycles. The summed E-state index contributed by atoms with van der Waals surface area (Å²) in [7, 11) is -5.69. The Morgan fingerprint density at radius 3 is 2.55 bits per heavy atom. The van der Waals surface area contributed by atoms with Crippen LogP contribution in [-0.4, -0.2) is 25.1 Å². The van der Waals surface area contributed by atoms with Gasteiger partial charge in [0.2, 0.25) is 0 Å². The van der Waals surface area contributed by atoms with E-state index in [-0.39, 0.29) is 17.3 Å². The Morgan fingerprint density at radius 1 is 1.28 bits per heavy atom. The number of aryl methyl sites for hydroxylation is 1. The van der Waals surface area contributed by atoms with Gasteiger partial charge in [0, 0.05) is 0 Å². The molecular formula is C21H31F3O4S. The van der Waals surface area contributed by atoms with Crippen molar-refractivity contribution in [3.8, 4) is 5.75 Å². The van der Waals surface area contributed by atoms with Crippen molar-refractivity contribution in [3.05, 3.63) is 29.3 Å². The van der Waals surface area contributed by atoms with Gasteiger partial charge in [-0.15, -0.1) is 0 Å². The quantitative estimate of drug-likeness (QED) is 0.333. The van der Waals surface area contributed by atoms with Crippen molar-refractivity contribution in [2.24, 2.45) is 5.92 Å². The number of hydrogen-bond donors (Lipinski definition) is 1. The molecule has 0 aromatic heterocycles. The topological polar surface area (TPSA) is 63.6 Å². The van der Waals surface area contributed by atoms with E-state index < -0.39 is 15.6 Å². The molecule has 0 saturated heterocycles. The maximum absolute atomic E-state index is 12.7. The number of rotatable bonds is 8. The number of benzene rings is 1. The van der Waals surface area contributed by atoms with Crippen molar-refractivity contribution in [3.63, 3.8) is 0 Å². The lowest BCUT2D eigenvalue weighted by molar-refractivity contribution is -0.0500. The van der Waals surface area contributed by atoms with E-state index in [2.05, 4.69) is 18.0 Å². The molecule has 166 valence electrons. The molecule has 2 rings (SSSR count). The monoisotopic (exact) mass is 436 g/mol. The summed E-state index contributed by atoms with van der Waals surface area (Å²) in [6.45, 7) is 6.30. The largest absolute Gasteiger partial charge is 0.534 e. The molecule has 1 aliphatic rings. The highest BCUT2D eigenvalue weighted by atomic mass is 32.2. The molecule has 29 heavy (non-hydrogen) atoms. The SMILES string of the molecule is CCC[C@@H](O)CC[C@@]1(CC)c2ccc(OS(=O)(=O)C(F)(F)F)cc2CCC[C@H]1C. The van der Waals surface area contributed by atoms with E-state index in [1.54, 1.807) is 6.07 Å². The van der Waals surface area contributed by atoms with Crippen LogP contribution in [0.15, 0.2) is 18.2 Å². The van der Waals surface area contributed by atoms with Gasteiger partial charge in [-0.25, -0.2) is 0 Å². The van der Waals surface area contributed by atoms with E-state index >= 15 is 0 Å². The first-order chi connectivity index (χ1) is 13.5. The minimum absolute atomic E-state index is 0.206. The van der Waals surface area contributed by atoms with Crippen molar-refractivity contribution >= 4 is 10.1 Å². The highest BCUT2D eigenvalue weighted by Gasteiger charge is 2.48. The van der Waals surface area contributed by atoms with Crippen LogP contribution in [-0.2, 0) is 22.0 Å². The molecule has 8 heteroatoms. The first-order valence-corrected chi connectivity index (χ1v) is 11.7.